The number of rotatable bonds is 4. The number of hydrogen-bond acceptors (Lipinski definition) is 3. The summed E-state index contributed by atoms with van der Waals surface area (Å²) in [4.78, 5) is 7.10. The third-order valence-electron chi connectivity index (χ3n) is 12.9. The van der Waals surface area contributed by atoms with Crippen molar-refractivity contribution in [3.8, 4) is 0 Å². The van der Waals surface area contributed by atoms with Gasteiger partial charge in [-0.2, -0.15) is 0 Å². The molecule has 0 radical (unpaired) electrons. The predicted octanol–water partition coefficient (Wildman–Crippen LogP) is 8.76. The van der Waals surface area contributed by atoms with E-state index in [1.54, 1.807) is 22.3 Å². The van der Waals surface area contributed by atoms with Gasteiger partial charge in [0.1, 0.15) is 12.0 Å². The Kier molecular flexibility index (Phi) is 6.78. The van der Waals surface area contributed by atoms with Crippen LogP contribution in [0.5, 0.6) is 0 Å². The van der Waals surface area contributed by atoms with E-state index in [1.807, 2.05) is 0 Å². The highest BCUT2D eigenvalue weighted by molar-refractivity contribution is 5.85. The Hall–Kier alpha value is -5.15. The maximum Gasteiger partial charge on any atom is 0.137 e. The second kappa shape index (κ2) is 11.7. The van der Waals surface area contributed by atoms with Crippen LogP contribution in [0.4, 0.5) is 0 Å². The highest BCUT2D eigenvalue weighted by atomic mass is 15.4. The molecule has 1 aromatic carbocycles. The van der Waals surface area contributed by atoms with E-state index in [1.165, 1.54) is 49.6 Å². The van der Waals surface area contributed by atoms with Crippen molar-refractivity contribution in [2.75, 3.05) is 0 Å². The van der Waals surface area contributed by atoms with Crippen molar-refractivity contribution in [2.45, 2.75) is 57.5 Å². The van der Waals surface area contributed by atoms with Gasteiger partial charge in [-0.05, 0) is 112 Å². The lowest BCUT2D eigenvalue weighted by Crippen LogP contribution is -2.40. The summed E-state index contributed by atoms with van der Waals surface area (Å²) in [7, 11) is 0. The van der Waals surface area contributed by atoms with Crippen LogP contribution in [-0.4, -0.2) is 17.3 Å². The first kappa shape index (κ1) is 29.6. The topological polar surface area (TPSA) is 27.6 Å². The van der Waals surface area contributed by atoms with Crippen molar-refractivity contribution in [3.63, 3.8) is 0 Å². The summed E-state index contributed by atoms with van der Waals surface area (Å²) in [6.45, 7) is 0. The molecule has 51 heavy (non-hydrogen) atoms. The highest BCUT2D eigenvalue weighted by Gasteiger charge is 2.52. The molecule has 0 amide bonds. The van der Waals surface area contributed by atoms with Crippen LogP contribution in [0.15, 0.2) is 183 Å². The Morgan fingerprint density at radius 1 is 0.627 bits per heavy atom. The van der Waals surface area contributed by atoms with E-state index in [0.29, 0.717) is 23.7 Å². The minimum atomic E-state index is 0.156. The number of allylic oxidation sites excluding steroid dienone is 22. The maximum absolute atomic E-state index is 4.78. The first-order valence-corrected chi connectivity index (χ1v) is 19.3. The molecule has 3 nitrogen and oxygen atoms in total. The van der Waals surface area contributed by atoms with Crippen LogP contribution in [0.2, 0.25) is 0 Å². The third kappa shape index (κ3) is 4.53. The Morgan fingerprint density at radius 2 is 1.35 bits per heavy atom. The maximum atomic E-state index is 4.78. The van der Waals surface area contributed by atoms with Crippen molar-refractivity contribution in [2.24, 2.45) is 28.7 Å². The summed E-state index contributed by atoms with van der Waals surface area (Å²) in [6.07, 6.45) is 49.2. The van der Waals surface area contributed by atoms with Gasteiger partial charge in [0.15, 0.2) is 0 Å². The summed E-state index contributed by atoms with van der Waals surface area (Å²) < 4.78 is 0. The van der Waals surface area contributed by atoms with Gasteiger partial charge in [-0.1, -0.05) is 120 Å². The molecule has 10 aliphatic rings. The number of fused-ring (bicyclic) bond motifs is 6. The SMILES string of the molecule is C1=CCCC(C2=c3ccccc3=C(C3=CC=CCC3)C3C4=CC=C(C5=CC=C(C6=CN7C8=C(C=CC7N6)CCC=N8)CC5)C5C=CC=C(C45)C23)=C1. The average molecular weight is 662 g/mol. The molecule has 5 unspecified atom stereocenters. The minimum absolute atomic E-state index is 0.156. The lowest BCUT2D eigenvalue weighted by Gasteiger charge is -2.34. The van der Waals surface area contributed by atoms with Crippen molar-refractivity contribution in [1.29, 1.82) is 0 Å². The molecule has 5 atom stereocenters. The van der Waals surface area contributed by atoms with Gasteiger partial charge in [-0.3, -0.25) is 0 Å². The molecule has 3 aliphatic heterocycles. The van der Waals surface area contributed by atoms with Gasteiger partial charge < -0.3 is 10.2 Å². The molecule has 3 heterocycles. The van der Waals surface area contributed by atoms with Crippen molar-refractivity contribution >= 4 is 17.4 Å². The fourth-order valence-electron chi connectivity index (χ4n) is 10.7. The molecule has 3 heteroatoms. The molecule has 1 fully saturated rings. The molecule has 0 bridgehead atoms. The van der Waals surface area contributed by atoms with Crippen molar-refractivity contribution in [3.05, 3.63) is 188 Å². The number of hydrogen-bond donors (Lipinski definition) is 1. The average Bonchev–Trinajstić information content (AvgIpc) is 3.79. The Balaban J connectivity index is 0.993. The normalized spacial score (nSPS) is 30.8. The van der Waals surface area contributed by atoms with Crippen molar-refractivity contribution in [1.82, 2.24) is 10.2 Å². The summed E-state index contributed by atoms with van der Waals surface area (Å²) in [5, 5.41) is 6.70. The van der Waals surface area contributed by atoms with E-state index < -0.39 is 0 Å². The van der Waals surface area contributed by atoms with E-state index in [2.05, 4.69) is 138 Å². The molecule has 0 saturated heterocycles. The van der Waals surface area contributed by atoms with Crippen LogP contribution >= 0.6 is 0 Å². The summed E-state index contributed by atoms with van der Waals surface area (Å²) in [5.74, 6) is 2.65. The number of aliphatic imine (C=N–C) groups is 1. The molecule has 7 aliphatic carbocycles. The molecular formula is C48H43N3. The van der Waals surface area contributed by atoms with E-state index in [4.69, 9.17) is 4.99 Å². The summed E-state index contributed by atoms with van der Waals surface area (Å²) in [6, 6.07) is 9.36. The van der Waals surface area contributed by atoms with Gasteiger partial charge in [-0.25, -0.2) is 4.99 Å². The van der Waals surface area contributed by atoms with E-state index in [0.717, 1.165) is 57.2 Å². The van der Waals surface area contributed by atoms with Crippen LogP contribution in [0, 0.1) is 23.7 Å². The zero-order valence-electron chi connectivity index (χ0n) is 29.1. The second-order valence-corrected chi connectivity index (χ2v) is 15.5. The lowest BCUT2D eigenvalue weighted by atomic mass is 9.69. The summed E-state index contributed by atoms with van der Waals surface area (Å²) >= 11 is 0. The van der Waals surface area contributed by atoms with Gasteiger partial charge in [0.25, 0.3) is 0 Å². The van der Waals surface area contributed by atoms with Gasteiger partial charge in [-0.15, -0.1) is 0 Å². The lowest BCUT2D eigenvalue weighted by molar-refractivity contribution is 0.381. The predicted molar refractivity (Wildman–Crippen MR) is 209 cm³/mol. The number of nitrogens with one attached hydrogen (secondary N) is 1. The standard InChI is InChI=1S/C48H43N3/c1-3-11-32(12-4-1)43-37-16-7-8-17-38(37)44(33-13-5-2-6-14-33)47-40-26-25-35(36-18-9-19-39(45(36)40)46(43)47)30-20-22-31(23-21-30)41-29-51-42(50-41)27-24-34-15-10-28-49-48(34)51/h1-3,5,7-9,11,13,16-20,22,24-29,36,42,45-47,50H,4,6,10,12,14-15,21,23H2. The quantitative estimate of drug-likeness (QED) is 0.350. The first-order chi connectivity index (χ1) is 25.3. The third-order valence-corrected chi connectivity index (χ3v) is 12.9. The van der Waals surface area contributed by atoms with Crippen LogP contribution in [0.1, 0.15) is 51.4 Å². The molecule has 11 rings (SSSR count). The van der Waals surface area contributed by atoms with Gasteiger partial charge in [0.2, 0.25) is 0 Å². The second-order valence-electron chi connectivity index (χ2n) is 15.5. The van der Waals surface area contributed by atoms with Gasteiger partial charge >= 0.3 is 0 Å². The van der Waals surface area contributed by atoms with Crippen LogP contribution in [0.3, 0.4) is 0 Å². The van der Waals surface area contributed by atoms with Gasteiger partial charge in [0.05, 0.1) is 5.70 Å². The largest absolute Gasteiger partial charge is 0.360 e. The molecule has 1 N–H and O–H groups in total. The monoisotopic (exact) mass is 661 g/mol. The van der Waals surface area contributed by atoms with Crippen LogP contribution in [-0.2, 0) is 0 Å². The van der Waals surface area contributed by atoms with Crippen LogP contribution in [0.25, 0.3) is 11.1 Å². The molecule has 1 saturated carbocycles. The Bertz CT molecular complexity index is 2360. The van der Waals surface area contributed by atoms with E-state index in [-0.39, 0.29) is 6.17 Å². The minimum Gasteiger partial charge on any atom is -0.360 e. The fourth-order valence-corrected chi connectivity index (χ4v) is 10.7. The van der Waals surface area contributed by atoms with Crippen LogP contribution < -0.4 is 15.8 Å². The zero-order chi connectivity index (χ0) is 33.5. The molecule has 1 aromatic rings. The molecular weight excluding hydrogens is 619 g/mol. The fraction of sp³-hybridized carbons (Fsp3) is 0.271. The molecule has 0 spiro atoms. The number of benzene rings is 1. The zero-order valence-corrected chi connectivity index (χ0v) is 29.1. The van der Waals surface area contributed by atoms with Crippen molar-refractivity contribution < 1.29 is 0 Å². The molecule has 250 valence electrons. The molecule has 0 aromatic heterocycles. The van der Waals surface area contributed by atoms with E-state index in [9.17, 15) is 0 Å². The first-order valence-electron chi connectivity index (χ1n) is 19.3. The van der Waals surface area contributed by atoms with Gasteiger partial charge in [0, 0.05) is 36.1 Å². The number of nitrogens with zero attached hydrogens (tertiary/aromatic N) is 2. The summed E-state index contributed by atoms with van der Waals surface area (Å²) in [5.41, 5.74) is 16.5. The van der Waals surface area contributed by atoms with E-state index >= 15 is 0 Å². The smallest absolute Gasteiger partial charge is 0.137 e. The highest BCUT2D eigenvalue weighted by Crippen LogP contribution is 2.62. The Labute approximate surface area is 301 Å². The Morgan fingerprint density at radius 3 is 2.06 bits per heavy atom.